The van der Waals surface area contributed by atoms with Crippen LogP contribution in [-0.2, 0) is 9.59 Å². The Bertz CT molecular complexity index is 422. The summed E-state index contributed by atoms with van der Waals surface area (Å²) in [6.07, 6.45) is -0.277. The predicted molar refractivity (Wildman–Crippen MR) is 72.5 cm³/mol. The number of aliphatic hydroxyl groups excluding tert-OH is 1. The van der Waals surface area contributed by atoms with Crippen molar-refractivity contribution in [2.24, 2.45) is 5.92 Å². The number of hydrogen-bond donors (Lipinski definition) is 4. The molecule has 118 valence electrons. The van der Waals surface area contributed by atoms with Crippen molar-refractivity contribution < 1.29 is 24.6 Å². The fourth-order valence-corrected chi connectivity index (χ4v) is 2.90. The van der Waals surface area contributed by atoms with Crippen LogP contribution in [0.1, 0.15) is 25.7 Å². The lowest BCUT2D eigenvalue weighted by molar-refractivity contribution is -0.141. The van der Waals surface area contributed by atoms with E-state index in [-0.39, 0.29) is 18.2 Å². The van der Waals surface area contributed by atoms with E-state index >= 15 is 0 Å². The minimum Gasteiger partial charge on any atom is -0.465 e. The molecule has 3 atom stereocenters. The SMILES string of the molecule is O=C(O)NC(C[C@@H]1CCNC1=O)C(O)C(=O)N1CCCC1. The van der Waals surface area contributed by atoms with Gasteiger partial charge in [0.25, 0.3) is 5.91 Å². The summed E-state index contributed by atoms with van der Waals surface area (Å²) in [5.41, 5.74) is 0. The highest BCUT2D eigenvalue weighted by molar-refractivity contribution is 5.83. The van der Waals surface area contributed by atoms with Gasteiger partial charge in [-0.1, -0.05) is 0 Å². The summed E-state index contributed by atoms with van der Waals surface area (Å²) in [6, 6.07) is -0.968. The maximum Gasteiger partial charge on any atom is 0.404 e. The fraction of sp³-hybridized carbons (Fsp3) is 0.769. The van der Waals surface area contributed by atoms with Gasteiger partial charge in [-0.05, 0) is 25.7 Å². The van der Waals surface area contributed by atoms with Gasteiger partial charge in [0, 0.05) is 25.6 Å². The number of amides is 3. The van der Waals surface area contributed by atoms with E-state index in [9.17, 15) is 19.5 Å². The summed E-state index contributed by atoms with van der Waals surface area (Å²) in [5.74, 6) is -0.999. The second kappa shape index (κ2) is 6.75. The highest BCUT2D eigenvalue weighted by Crippen LogP contribution is 2.19. The van der Waals surface area contributed by atoms with Gasteiger partial charge in [0.1, 0.15) is 0 Å². The van der Waals surface area contributed by atoms with Gasteiger partial charge in [0.05, 0.1) is 6.04 Å². The second-order valence-electron chi connectivity index (χ2n) is 5.55. The van der Waals surface area contributed by atoms with Crippen LogP contribution in [0.3, 0.4) is 0 Å². The molecule has 0 aliphatic carbocycles. The Morgan fingerprint density at radius 3 is 2.57 bits per heavy atom. The van der Waals surface area contributed by atoms with Crippen LogP contribution in [0.4, 0.5) is 4.79 Å². The second-order valence-corrected chi connectivity index (χ2v) is 5.55. The highest BCUT2D eigenvalue weighted by atomic mass is 16.4. The van der Waals surface area contributed by atoms with Crippen LogP contribution in [-0.4, -0.2) is 64.8 Å². The Morgan fingerprint density at radius 1 is 1.38 bits per heavy atom. The normalized spacial score (nSPS) is 24.5. The van der Waals surface area contributed by atoms with E-state index in [1.807, 2.05) is 0 Å². The third kappa shape index (κ3) is 3.84. The predicted octanol–water partition coefficient (Wildman–Crippen LogP) is -0.868. The molecule has 3 amide bonds. The molecule has 0 aromatic rings. The van der Waals surface area contributed by atoms with Crippen molar-refractivity contribution in [2.75, 3.05) is 19.6 Å². The van der Waals surface area contributed by atoms with Gasteiger partial charge in [-0.25, -0.2) is 4.79 Å². The number of carboxylic acid groups (broad SMARTS) is 1. The van der Waals surface area contributed by atoms with E-state index in [0.29, 0.717) is 26.1 Å². The topological polar surface area (TPSA) is 119 Å². The van der Waals surface area contributed by atoms with Crippen LogP contribution < -0.4 is 10.6 Å². The van der Waals surface area contributed by atoms with Crippen molar-refractivity contribution >= 4 is 17.9 Å². The molecule has 2 saturated heterocycles. The zero-order valence-electron chi connectivity index (χ0n) is 11.7. The summed E-state index contributed by atoms with van der Waals surface area (Å²) in [6.45, 7) is 1.71. The van der Waals surface area contributed by atoms with E-state index in [1.54, 1.807) is 0 Å². The first-order chi connectivity index (χ1) is 9.99. The summed E-state index contributed by atoms with van der Waals surface area (Å²) >= 11 is 0. The number of nitrogens with one attached hydrogen (secondary N) is 2. The first-order valence-electron chi connectivity index (χ1n) is 7.23. The van der Waals surface area contributed by atoms with Crippen molar-refractivity contribution in [3.63, 3.8) is 0 Å². The number of nitrogens with zero attached hydrogens (tertiary/aromatic N) is 1. The van der Waals surface area contributed by atoms with E-state index in [4.69, 9.17) is 5.11 Å². The van der Waals surface area contributed by atoms with Crippen LogP contribution >= 0.6 is 0 Å². The Kier molecular flexibility index (Phi) is 5.00. The summed E-state index contributed by atoms with van der Waals surface area (Å²) in [5, 5.41) is 23.9. The average molecular weight is 299 g/mol. The van der Waals surface area contributed by atoms with E-state index < -0.39 is 24.1 Å². The van der Waals surface area contributed by atoms with Crippen molar-refractivity contribution in [1.29, 1.82) is 0 Å². The fourth-order valence-electron chi connectivity index (χ4n) is 2.90. The van der Waals surface area contributed by atoms with Crippen molar-refractivity contribution in [3.05, 3.63) is 0 Å². The van der Waals surface area contributed by atoms with Crippen molar-refractivity contribution in [3.8, 4) is 0 Å². The smallest absolute Gasteiger partial charge is 0.404 e. The van der Waals surface area contributed by atoms with Gasteiger partial charge in [-0.15, -0.1) is 0 Å². The van der Waals surface area contributed by atoms with Gasteiger partial charge < -0.3 is 25.7 Å². The number of carbonyl (C=O) groups excluding carboxylic acids is 2. The standard InChI is InChI=1S/C13H21N3O5/c17-10(12(19)16-5-1-2-6-16)9(15-13(20)21)7-8-3-4-14-11(8)18/h8-10,15,17H,1-7H2,(H,14,18)(H,20,21)/t8-,9?,10?/m0/s1. The highest BCUT2D eigenvalue weighted by Gasteiger charge is 2.36. The molecule has 0 aromatic heterocycles. The van der Waals surface area contributed by atoms with Crippen LogP contribution in [0.25, 0.3) is 0 Å². The third-order valence-electron chi connectivity index (χ3n) is 4.06. The Labute approximate surface area is 122 Å². The van der Waals surface area contributed by atoms with Crippen LogP contribution in [0.15, 0.2) is 0 Å². The first kappa shape index (κ1) is 15.6. The van der Waals surface area contributed by atoms with Gasteiger partial charge in [0.15, 0.2) is 6.10 Å². The maximum atomic E-state index is 12.2. The number of carbonyl (C=O) groups is 3. The minimum absolute atomic E-state index is 0.124. The molecule has 0 spiro atoms. The van der Waals surface area contributed by atoms with E-state index in [0.717, 1.165) is 12.8 Å². The molecule has 2 heterocycles. The maximum absolute atomic E-state index is 12.2. The first-order valence-corrected chi connectivity index (χ1v) is 7.23. The molecule has 0 saturated carbocycles. The Morgan fingerprint density at radius 2 is 2.05 bits per heavy atom. The molecule has 0 radical (unpaired) electrons. The molecule has 0 bridgehead atoms. The van der Waals surface area contributed by atoms with Gasteiger partial charge in [-0.3, -0.25) is 9.59 Å². The lowest BCUT2D eigenvalue weighted by Crippen LogP contribution is -2.52. The molecule has 2 aliphatic rings. The van der Waals surface area contributed by atoms with Gasteiger partial charge >= 0.3 is 6.09 Å². The lowest BCUT2D eigenvalue weighted by atomic mass is 9.94. The Hall–Kier alpha value is -1.83. The largest absolute Gasteiger partial charge is 0.465 e. The molecule has 8 nitrogen and oxygen atoms in total. The third-order valence-corrected chi connectivity index (χ3v) is 4.06. The molecule has 2 rings (SSSR count). The number of likely N-dealkylation sites (tertiary alicyclic amines) is 1. The number of hydrogen-bond acceptors (Lipinski definition) is 4. The molecular weight excluding hydrogens is 278 g/mol. The summed E-state index contributed by atoms with van der Waals surface area (Å²) in [7, 11) is 0. The summed E-state index contributed by atoms with van der Waals surface area (Å²) in [4.78, 5) is 36.2. The van der Waals surface area contributed by atoms with Crippen LogP contribution in [0.5, 0.6) is 0 Å². The quantitative estimate of drug-likeness (QED) is 0.526. The molecule has 0 aromatic carbocycles. The average Bonchev–Trinajstić information content (AvgIpc) is 3.08. The number of aliphatic hydroxyl groups is 1. The molecule has 2 fully saturated rings. The molecule has 21 heavy (non-hydrogen) atoms. The van der Waals surface area contributed by atoms with Crippen molar-refractivity contribution in [2.45, 2.75) is 37.8 Å². The number of rotatable bonds is 5. The van der Waals surface area contributed by atoms with E-state index in [2.05, 4.69) is 10.6 Å². The van der Waals surface area contributed by atoms with Gasteiger partial charge in [0.2, 0.25) is 5.91 Å². The zero-order valence-corrected chi connectivity index (χ0v) is 11.7. The molecular formula is C13H21N3O5. The van der Waals surface area contributed by atoms with Gasteiger partial charge in [-0.2, -0.15) is 0 Å². The zero-order chi connectivity index (χ0) is 15.4. The lowest BCUT2D eigenvalue weighted by Gasteiger charge is -2.27. The van der Waals surface area contributed by atoms with Crippen LogP contribution in [0.2, 0.25) is 0 Å². The molecule has 2 unspecified atom stereocenters. The molecule has 2 aliphatic heterocycles. The van der Waals surface area contributed by atoms with E-state index in [1.165, 1.54) is 4.90 Å². The monoisotopic (exact) mass is 299 g/mol. The van der Waals surface area contributed by atoms with Crippen LogP contribution in [0, 0.1) is 5.92 Å². The Balaban J connectivity index is 2.01. The van der Waals surface area contributed by atoms with Crippen molar-refractivity contribution in [1.82, 2.24) is 15.5 Å². The molecule has 8 heteroatoms. The summed E-state index contributed by atoms with van der Waals surface area (Å²) < 4.78 is 0. The molecule has 4 N–H and O–H groups in total. The minimum atomic E-state index is -1.45.